The first kappa shape index (κ1) is 16.0. The van der Waals surface area contributed by atoms with Crippen molar-refractivity contribution in [2.24, 2.45) is 0 Å². The molecule has 4 nitrogen and oxygen atoms in total. The summed E-state index contributed by atoms with van der Waals surface area (Å²) >= 11 is 6.84. The summed E-state index contributed by atoms with van der Waals surface area (Å²) < 4.78 is 12.5. The average Bonchev–Trinajstić information content (AvgIpc) is 2.50. The molecule has 0 amide bonds. The van der Waals surface area contributed by atoms with Crippen LogP contribution in [-0.4, -0.2) is 17.9 Å². The van der Waals surface area contributed by atoms with Gasteiger partial charge >= 0.3 is 0 Å². The smallest absolute Gasteiger partial charge is 0.180 e. The molecular weight excluding hydrogens is 402 g/mol. The highest BCUT2D eigenvalue weighted by Crippen LogP contribution is 2.37. The van der Waals surface area contributed by atoms with Crippen molar-refractivity contribution in [3.05, 3.63) is 45.1 Å². The minimum absolute atomic E-state index is 0.00919. The molecule has 0 saturated carbocycles. The summed E-state index contributed by atoms with van der Waals surface area (Å²) in [6.45, 7) is 1.81. The Hall–Kier alpha value is -1.40. The van der Waals surface area contributed by atoms with E-state index in [0.717, 1.165) is 8.95 Å². The number of aromatic nitrogens is 1. The van der Waals surface area contributed by atoms with Crippen LogP contribution in [0.5, 0.6) is 17.2 Å². The Kier molecular flexibility index (Phi) is 5.36. The summed E-state index contributed by atoms with van der Waals surface area (Å²) in [5, 5.41) is 0. The number of ether oxygens (including phenoxy) is 2. The van der Waals surface area contributed by atoms with E-state index in [1.807, 2.05) is 6.07 Å². The number of Topliss-reactive ketones (excluding diaryl/α,β-unsaturated/α-hetero) is 1. The fourth-order valence-corrected chi connectivity index (χ4v) is 2.55. The Labute approximate surface area is 139 Å². The number of hydrogen-bond donors (Lipinski definition) is 0. The normalized spacial score (nSPS) is 10.3. The van der Waals surface area contributed by atoms with E-state index in [4.69, 9.17) is 9.47 Å². The molecule has 0 spiro atoms. The van der Waals surface area contributed by atoms with Crippen molar-refractivity contribution >= 4 is 37.6 Å². The lowest BCUT2D eigenvalue weighted by molar-refractivity contribution is 0.0983. The molecule has 0 fully saturated rings. The Balaban J connectivity index is 2.22. The number of nitrogens with zero attached hydrogens (tertiary/aromatic N) is 1. The van der Waals surface area contributed by atoms with E-state index in [0.29, 0.717) is 29.4 Å². The van der Waals surface area contributed by atoms with E-state index in [-0.39, 0.29) is 5.78 Å². The van der Waals surface area contributed by atoms with Gasteiger partial charge in [0.25, 0.3) is 0 Å². The highest BCUT2D eigenvalue weighted by Gasteiger charge is 2.10. The van der Waals surface area contributed by atoms with Crippen molar-refractivity contribution in [1.82, 2.24) is 4.98 Å². The quantitative estimate of drug-likeness (QED) is 0.646. The molecule has 0 N–H and O–H groups in total. The van der Waals surface area contributed by atoms with Gasteiger partial charge in [-0.3, -0.25) is 4.79 Å². The molecule has 2 rings (SSSR count). The number of hydrogen-bond acceptors (Lipinski definition) is 4. The number of carbonyl (C=O) groups excluding carboxylic acids is 1. The molecule has 0 aliphatic carbocycles. The zero-order valence-corrected chi connectivity index (χ0v) is 14.7. The summed E-state index contributed by atoms with van der Waals surface area (Å²) in [7, 11) is 1.60. The van der Waals surface area contributed by atoms with E-state index in [1.165, 1.54) is 6.20 Å². The second kappa shape index (κ2) is 7.04. The number of ketones is 1. The van der Waals surface area contributed by atoms with Gasteiger partial charge in [0.05, 0.1) is 22.3 Å². The Morgan fingerprint density at radius 2 is 1.86 bits per heavy atom. The Morgan fingerprint density at radius 3 is 2.43 bits per heavy atom. The van der Waals surface area contributed by atoms with Gasteiger partial charge in [0.2, 0.25) is 0 Å². The predicted octanol–water partition coefficient (Wildman–Crippen LogP) is 5.00. The third-order valence-electron chi connectivity index (χ3n) is 2.78. The first-order valence-corrected chi connectivity index (χ1v) is 7.84. The van der Waals surface area contributed by atoms with Crippen molar-refractivity contribution in [1.29, 1.82) is 0 Å². The van der Waals surface area contributed by atoms with Gasteiger partial charge < -0.3 is 9.47 Å². The summed E-state index contributed by atoms with van der Waals surface area (Å²) in [6, 6.07) is 6.99. The molecule has 1 aromatic carbocycles. The predicted molar refractivity (Wildman–Crippen MR) is 87.3 cm³/mol. The number of benzene rings is 1. The molecule has 1 aromatic heterocycles. The molecule has 2 aromatic rings. The number of pyridine rings is 1. The highest BCUT2D eigenvalue weighted by atomic mass is 79.9. The zero-order chi connectivity index (χ0) is 15.4. The molecule has 0 bridgehead atoms. The van der Waals surface area contributed by atoms with Gasteiger partial charge in [-0.1, -0.05) is 6.92 Å². The molecule has 21 heavy (non-hydrogen) atoms. The molecule has 0 unspecified atom stereocenters. The molecule has 0 aliphatic rings. The van der Waals surface area contributed by atoms with Gasteiger partial charge in [-0.2, -0.15) is 0 Å². The van der Waals surface area contributed by atoms with E-state index < -0.39 is 0 Å². The Bertz CT molecular complexity index is 657. The molecule has 1 heterocycles. The topological polar surface area (TPSA) is 48.4 Å². The van der Waals surface area contributed by atoms with Gasteiger partial charge in [0, 0.05) is 6.42 Å². The lowest BCUT2D eigenvalue weighted by Crippen LogP contribution is -1.99. The van der Waals surface area contributed by atoms with Crippen molar-refractivity contribution in [3.8, 4) is 17.2 Å². The summed E-state index contributed by atoms with van der Waals surface area (Å²) in [5.74, 6) is 1.89. The molecule has 110 valence electrons. The molecule has 6 heteroatoms. The standard InChI is InChI=1S/C15H13Br2NO3/c1-3-13(19)12-5-4-9(8-18-12)21-15-7-10(16)14(20-2)6-11(15)17/h4-8H,3H2,1-2H3. The summed E-state index contributed by atoms with van der Waals surface area (Å²) in [5.41, 5.74) is 0.444. The lowest BCUT2D eigenvalue weighted by atomic mass is 10.2. The van der Waals surface area contributed by atoms with Gasteiger partial charge in [0.1, 0.15) is 22.9 Å². The monoisotopic (exact) mass is 413 g/mol. The molecule has 0 saturated heterocycles. The van der Waals surface area contributed by atoms with Crippen LogP contribution in [0.3, 0.4) is 0 Å². The first-order valence-electron chi connectivity index (χ1n) is 6.25. The number of carbonyl (C=O) groups is 1. The molecule has 0 radical (unpaired) electrons. The third kappa shape index (κ3) is 3.83. The maximum atomic E-state index is 11.5. The summed E-state index contributed by atoms with van der Waals surface area (Å²) in [4.78, 5) is 15.6. The zero-order valence-electron chi connectivity index (χ0n) is 11.5. The second-order valence-corrected chi connectivity index (χ2v) is 5.88. The van der Waals surface area contributed by atoms with Crippen LogP contribution in [0.2, 0.25) is 0 Å². The van der Waals surface area contributed by atoms with E-state index in [9.17, 15) is 4.79 Å². The van der Waals surface area contributed by atoms with E-state index in [2.05, 4.69) is 36.8 Å². The van der Waals surface area contributed by atoms with Gasteiger partial charge in [0.15, 0.2) is 5.78 Å². The number of methoxy groups -OCH3 is 1. The van der Waals surface area contributed by atoms with Crippen LogP contribution in [0.25, 0.3) is 0 Å². The van der Waals surface area contributed by atoms with E-state index >= 15 is 0 Å². The maximum absolute atomic E-state index is 11.5. The van der Waals surface area contributed by atoms with Crippen LogP contribution in [-0.2, 0) is 0 Å². The summed E-state index contributed by atoms with van der Waals surface area (Å²) in [6.07, 6.45) is 1.97. The first-order chi connectivity index (χ1) is 10.0. The van der Waals surface area contributed by atoms with Crippen LogP contribution in [0.15, 0.2) is 39.4 Å². The maximum Gasteiger partial charge on any atom is 0.180 e. The Morgan fingerprint density at radius 1 is 1.19 bits per heavy atom. The van der Waals surface area contributed by atoms with Crippen LogP contribution < -0.4 is 9.47 Å². The van der Waals surface area contributed by atoms with Gasteiger partial charge in [-0.15, -0.1) is 0 Å². The fraction of sp³-hybridized carbons (Fsp3) is 0.200. The molecular formula is C15H13Br2NO3. The number of halogens is 2. The van der Waals surface area contributed by atoms with Crippen molar-refractivity contribution < 1.29 is 14.3 Å². The van der Waals surface area contributed by atoms with Crippen molar-refractivity contribution in [2.75, 3.05) is 7.11 Å². The van der Waals surface area contributed by atoms with Crippen LogP contribution >= 0.6 is 31.9 Å². The largest absolute Gasteiger partial charge is 0.496 e. The minimum Gasteiger partial charge on any atom is -0.496 e. The van der Waals surface area contributed by atoms with Crippen molar-refractivity contribution in [3.63, 3.8) is 0 Å². The third-order valence-corrected chi connectivity index (χ3v) is 4.02. The van der Waals surface area contributed by atoms with Crippen LogP contribution in [0.1, 0.15) is 23.8 Å². The fourth-order valence-electron chi connectivity index (χ4n) is 1.66. The van der Waals surface area contributed by atoms with Gasteiger partial charge in [-0.05, 0) is 56.1 Å². The average molecular weight is 415 g/mol. The van der Waals surface area contributed by atoms with Crippen LogP contribution in [0, 0.1) is 0 Å². The number of rotatable bonds is 5. The van der Waals surface area contributed by atoms with Crippen LogP contribution in [0.4, 0.5) is 0 Å². The highest BCUT2D eigenvalue weighted by molar-refractivity contribution is 9.11. The minimum atomic E-state index is 0.00919. The van der Waals surface area contributed by atoms with E-state index in [1.54, 1.807) is 32.2 Å². The van der Waals surface area contributed by atoms with Crippen molar-refractivity contribution in [2.45, 2.75) is 13.3 Å². The second-order valence-electron chi connectivity index (χ2n) is 4.18. The lowest BCUT2D eigenvalue weighted by Gasteiger charge is -2.11. The van der Waals surface area contributed by atoms with Gasteiger partial charge in [-0.25, -0.2) is 4.98 Å². The SMILES string of the molecule is CCC(=O)c1ccc(Oc2cc(Br)c(OC)cc2Br)cn1. The molecule has 0 atom stereocenters. The molecule has 0 aliphatic heterocycles.